The van der Waals surface area contributed by atoms with Gasteiger partial charge in [-0.3, -0.25) is 9.59 Å². The fraction of sp³-hybridized carbons (Fsp3) is 0.289. The summed E-state index contributed by atoms with van der Waals surface area (Å²) < 4.78 is 75.0. The Morgan fingerprint density at radius 3 is 1.60 bits per heavy atom. The number of aromatic nitrogens is 2. The summed E-state index contributed by atoms with van der Waals surface area (Å²) in [6, 6.07) is 18.8. The minimum atomic E-state index is -1.64. The molecule has 0 fully saturated rings. The number of rotatable bonds is 10. The van der Waals surface area contributed by atoms with Gasteiger partial charge in [0, 0.05) is 28.8 Å². The molecule has 0 N–H and O–H groups in total. The van der Waals surface area contributed by atoms with Crippen molar-refractivity contribution in [2.45, 2.75) is 54.1 Å². The van der Waals surface area contributed by atoms with Crippen molar-refractivity contribution >= 4 is 70.3 Å². The number of esters is 4. The second-order valence-corrected chi connectivity index (χ2v) is 16.1. The van der Waals surface area contributed by atoms with E-state index >= 15 is 0 Å². The molecule has 0 aliphatic heterocycles. The SMILES string of the molecule is CCOC(=O)C(=O)OC(c1c(-c2ccc(F)cc2F)cc(Cl)nc1Cl)C(C)(C)C(=O)OC.COC(=O)C(C)(C)Cc1c(-c2ccc(F)cc2F)cc(Cl)nc1Cl.Cc1ccccc1. The number of carbonyl (C=O) groups is 4. The van der Waals surface area contributed by atoms with Gasteiger partial charge in [0.2, 0.25) is 0 Å². The van der Waals surface area contributed by atoms with Gasteiger partial charge in [-0.1, -0.05) is 82.3 Å². The van der Waals surface area contributed by atoms with E-state index in [1.165, 1.54) is 51.6 Å². The van der Waals surface area contributed by atoms with Crippen LogP contribution in [-0.2, 0) is 44.5 Å². The molecule has 18 heteroatoms. The number of benzene rings is 3. The van der Waals surface area contributed by atoms with Gasteiger partial charge in [0.25, 0.3) is 0 Å². The van der Waals surface area contributed by atoms with Crippen LogP contribution >= 0.6 is 46.4 Å². The molecular formula is C45H42Cl4F4N2O8. The van der Waals surface area contributed by atoms with Gasteiger partial charge >= 0.3 is 23.9 Å². The largest absolute Gasteiger partial charge is 0.469 e. The van der Waals surface area contributed by atoms with Crippen LogP contribution < -0.4 is 0 Å². The van der Waals surface area contributed by atoms with E-state index in [0.717, 1.165) is 31.4 Å². The Labute approximate surface area is 381 Å². The first-order valence-electron chi connectivity index (χ1n) is 18.7. The lowest BCUT2D eigenvalue weighted by molar-refractivity contribution is -0.179. The molecule has 336 valence electrons. The van der Waals surface area contributed by atoms with Gasteiger partial charge in [-0.25, -0.2) is 37.1 Å². The molecule has 0 aliphatic carbocycles. The van der Waals surface area contributed by atoms with Crippen LogP contribution in [0.2, 0.25) is 20.6 Å². The van der Waals surface area contributed by atoms with Crippen molar-refractivity contribution in [3.05, 3.63) is 139 Å². The molecular weight excluding hydrogens is 914 g/mol. The normalized spacial score (nSPS) is 11.5. The van der Waals surface area contributed by atoms with Crippen LogP contribution in [0.3, 0.4) is 0 Å². The van der Waals surface area contributed by atoms with Crippen molar-refractivity contribution in [3.8, 4) is 22.3 Å². The van der Waals surface area contributed by atoms with E-state index in [0.29, 0.717) is 17.2 Å². The quantitative estimate of drug-likeness (QED) is 0.0438. The molecule has 0 saturated heterocycles. The van der Waals surface area contributed by atoms with Gasteiger partial charge in [-0.2, -0.15) is 0 Å². The number of hydrogen-bond acceptors (Lipinski definition) is 10. The Hall–Kier alpha value is -5.28. The highest BCUT2D eigenvalue weighted by Gasteiger charge is 2.45. The predicted molar refractivity (Wildman–Crippen MR) is 231 cm³/mol. The fourth-order valence-electron chi connectivity index (χ4n) is 5.91. The highest BCUT2D eigenvalue weighted by Crippen LogP contribution is 2.46. The fourth-order valence-corrected chi connectivity index (χ4v) is 6.93. The lowest BCUT2D eigenvalue weighted by Gasteiger charge is -2.32. The maximum atomic E-state index is 14.6. The van der Waals surface area contributed by atoms with Crippen LogP contribution in [0.25, 0.3) is 22.3 Å². The Bertz CT molecular complexity index is 2460. The maximum absolute atomic E-state index is 14.6. The van der Waals surface area contributed by atoms with Gasteiger partial charge in [0.15, 0.2) is 0 Å². The standard InChI is InChI=1S/C21H19Cl2F2NO6.C17H15Cl2F2NO2.C7H8/c1-5-31-18(27)19(28)32-16(21(2,3)20(29)30-4)15-12(9-14(22)26-17(15)23)11-7-6-10(24)8-13(11)25;1-17(2,16(23)24-3)8-12-11(7-14(18)22-15(12)19)10-5-4-9(20)6-13(10)21;1-7-5-3-2-4-6-7/h6-9,16H,5H2,1-4H3;4-7H,8H2,1-3H3;2-6H,1H3. The van der Waals surface area contributed by atoms with Crippen LogP contribution in [0, 0.1) is 41.0 Å². The molecule has 0 bridgehead atoms. The Morgan fingerprint density at radius 2 is 1.14 bits per heavy atom. The monoisotopic (exact) mass is 954 g/mol. The number of pyridine rings is 2. The number of carbonyl (C=O) groups excluding carboxylic acids is 4. The van der Waals surface area contributed by atoms with Crippen molar-refractivity contribution in [1.82, 2.24) is 9.97 Å². The lowest BCUT2D eigenvalue weighted by atomic mass is 9.80. The molecule has 10 nitrogen and oxygen atoms in total. The summed E-state index contributed by atoms with van der Waals surface area (Å²) in [6.45, 7) is 9.53. The highest BCUT2D eigenvalue weighted by atomic mass is 35.5. The summed E-state index contributed by atoms with van der Waals surface area (Å²) in [6.07, 6.45) is -1.45. The number of nitrogens with zero attached hydrogens (tertiary/aromatic N) is 2. The summed E-state index contributed by atoms with van der Waals surface area (Å²) in [5, 5.41) is -0.366. The van der Waals surface area contributed by atoms with Crippen molar-refractivity contribution in [3.63, 3.8) is 0 Å². The first-order chi connectivity index (χ1) is 29.5. The lowest BCUT2D eigenvalue weighted by Crippen LogP contribution is -2.37. The van der Waals surface area contributed by atoms with Gasteiger partial charge in [0.05, 0.1) is 26.2 Å². The van der Waals surface area contributed by atoms with Crippen LogP contribution in [0.4, 0.5) is 17.6 Å². The summed E-state index contributed by atoms with van der Waals surface area (Å²) in [7, 11) is 2.39. The van der Waals surface area contributed by atoms with E-state index < -0.39 is 64.1 Å². The molecule has 5 rings (SSSR count). The Balaban J connectivity index is 0.000000297. The molecule has 1 unspecified atom stereocenters. The molecule has 0 aliphatic rings. The zero-order valence-corrected chi connectivity index (χ0v) is 38.2. The van der Waals surface area contributed by atoms with Crippen molar-refractivity contribution in [2.24, 2.45) is 10.8 Å². The van der Waals surface area contributed by atoms with E-state index in [2.05, 4.69) is 33.8 Å². The Kier molecular flexibility index (Phi) is 18.9. The second kappa shape index (κ2) is 22.9. The summed E-state index contributed by atoms with van der Waals surface area (Å²) in [5.41, 5.74) is -0.663. The third-order valence-electron chi connectivity index (χ3n) is 9.06. The number of halogens is 8. The van der Waals surface area contributed by atoms with Gasteiger partial charge in [-0.15, -0.1) is 0 Å². The molecule has 2 aromatic heterocycles. The van der Waals surface area contributed by atoms with Crippen molar-refractivity contribution < 1.29 is 55.7 Å². The maximum Gasteiger partial charge on any atom is 0.418 e. The van der Waals surface area contributed by atoms with Crippen LogP contribution in [-0.4, -0.2) is 54.7 Å². The van der Waals surface area contributed by atoms with Gasteiger partial charge in [0.1, 0.15) is 55.4 Å². The Morgan fingerprint density at radius 1 is 0.651 bits per heavy atom. The van der Waals surface area contributed by atoms with E-state index in [1.807, 2.05) is 18.2 Å². The first kappa shape index (κ1) is 52.1. The third kappa shape index (κ3) is 13.9. The van der Waals surface area contributed by atoms with E-state index in [4.69, 9.17) is 60.6 Å². The number of hydrogen-bond donors (Lipinski definition) is 0. The van der Waals surface area contributed by atoms with Crippen LogP contribution in [0.15, 0.2) is 78.9 Å². The first-order valence-corrected chi connectivity index (χ1v) is 20.2. The molecule has 0 amide bonds. The molecule has 63 heavy (non-hydrogen) atoms. The van der Waals surface area contributed by atoms with E-state index in [-0.39, 0.29) is 55.9 Å². The number of ether oxygens (including phenoxy) is 4. The second-order valence-electron chi connectivity index (χ2n) is 14.6. The number of methoxy groups -OCH3 is 2. The minimum absolute atomic E-state index is 0.0360. The molecule has 3 aromatic carbocycles. The minimum Gasteiger partial charge on any atom is -0.469 e. The molecule has 0 radical (unpaired) electrons. The highest BCUT2D eigenvalue weighted by molar-refractivity contribution is 6.34. The smallest absolute Gasteiger partial charge is 0.418 e. The average molecular weight is 957 g/mol. The summed E-state index contributed by atoms with van der Waals surface area (Å²) in [5.74, 6) is -7.29. The van der Waals surface area contributed by atoms with E-state index in [1.54, 1.807) is 13.8 Å². The van der Waals surface area contributed by atoms with Crippen LogP contribution in [0.5, 0.6) is 0 Å². The molecule has 0 saturated carbocycles. The zero-order chi connectivity index (χ0) is 47.4. The third-order valence-corrected chi connectivity index (χ3v) is 10.0. The molecule has 0 spiro atoms. The average Bonchev–Trinajstić information content (AvgIpc) is 3.21. The molecule has 1 atom stereocenters. The van der Waals surface area contributed by atoms with Crippen molar-refractivity contribution in [2.75, 3.05) is 20.8 Å². The van der Waals surface area contributed by atoms with Crippen LogP contribution in [0.1, 0.15) is 57.4 Å². The number of aryl methyl sites for hydroxylation is 1. The van der Waals surface area contributed by atoms with Crippen molar-refractivity contribution in [1.29, 1.82) is 0 Å². The summed E-state index contributed by atoms with van der Waals surface area (Å²) >= 11 is 24.4. The summed E-state index contributed by atoms with van der Waals surface area (Å²) in [4.78, 5) is 56.5. The van der Waals surface area contributed by atoms with Gasteiger partial charge in [-0.05, 0) is 101 Å². The molecule has 5 aromatic rings. The van der Waals surface area contributed by atoms with E-state index in [9.17, 15) is 36.7 Å². The molecule has 2 heterocycles. The zero-order valence-electron chi connectivity index (χ0n) is 35.2. The van der Waals surface area contributed by atoms with Gasteiger partial charge < -0.3 is 18.9 Å². The predicted octanol–water partition coefficient (Wildman–Crippen LogP) is 11.8. The topological polar surface area (TPSA) is 131 Å².